The molecule has 1 aromatic heterocycles. The van der Waals surface area contributed by atoms with Gasteiger partial charge in [-0.05, 0) is 24.6 Å². The van der Waals surface area contributed by atoms with E-state index in [1.807, 2.05) is 30.3 Å². The van der Waals surface area contributed by atoms with E-state index in [0.29, 0.717) is 17.9 Å². The summed E-state index contributed by atoms with van der Waals surface area (Å²) in [5, 5.41) is 15.6. The highest BCUT2D eigenvalue weighted by atomic mass is 15.1. The van der Waals surface area contributed by atoms with Gasteiger partial charge < -0.3 is 10.6 Å². The summed E-state index contributed by atoms with van der Waals surface area (Å²) >= 11 is 0. The van der Waals surface area contributed by atoms with E-state index in [2.05, 4.69) is 51.8 Å². The van der Waals surface area contributed by atoms with Crippen molar-refractivity contribution < 1.29 is 0 Å². The first-order valence-electron chi connectivity index (χ1n) is 7.62. The molecule has 0 spiro atoms. The average molecular weight is 315 g/mol. The molecule has 0 atom stereocenters. The molecule has 0 amide bonds. The fraction of sp³-hybridized carbons (Fsp3) is 0.105. The standard InChI is InChI=1S/C19H17N5/c1-14-5-4-6-15(9-14)12-21-18-10-19(23-13-22-18)24-17-8-3-2-7-16(17)11-20/h2-10,13H,12H2,1H3,(H2,21,22,23,24). The monoisotopic (exact) mass is 315 g/mol. The van der Waals surface area contributed by atoms with Crippen LogP contribution in [0, 0.1) is 18.3 Å². The van der Waals surface area contributed by atoms with Crippen molar-refractivity contribution >= 4 is 17.3 Å². The lowest BCUT2D eigenvalue weighted by Crippen LogP contribution is -2.03. The number of nitrogens with zero attached hydrogens (tertiary/aromatic N) is 3. The van der Waals surface area contributed by atoms with Crippen molar-refractivity contribution in [2.45, 2.75) is 13.5 Å². The van der Waals surface area contributed by atoms with Gasteiger partial charge in [0.25, 0.3) is 0 Å². The van der Waals surface area contributed by atoms with E-state index in [4.69, 9.17) is 5.26 Å². The van der Waals surface area contributed by atoms with Crippen LogP contribution < -0.4 is 10.6 Å². The minimum Gasteiger partial charge on any atom is -0.366 e. The number of rotatable bonds is 5. The highest BCUT2D eigenvalue weighted by Crippen LogP contribution is 2.20. The van der Waals surface area contributed by atoms with Crippen molar-refractivity contribution in [1.82, 2.24) is 9.97 Å². The van der Waals surface area contributed by atoms with Gasteiger partial charge in [0.15, 0.2) is 0 Å². The van der Waals surface area contributed by atoms with Gasteiger partial charge in [0, 0.05) is 12.6 Å². The second kappa shape index (κ2) is 7.25. The van der Waals surface area contributed by atoms with Gasteiger partial charge in [0.05, 0.1) is 11.3 Å². The molecule has 0 saturated carbocycles. The number of hydrogen-bond acceptors (Lipinski definition) is 5. The Morgan fingerprint density at radius 3 is 2.67 bits per heavy atom. The normalized spacial score (nSPS) is 10.0. The van der Waals surface area contributed by atoms with Gasteiger partial charge in [-0.1, -0.05) is 42.0 Å². The van der Waals surface area contributed by atoms with E-state index in [-0.39, 0.29) is 0 Å². The number of nitriles is 1. The van der Waals surface area contributed by atoms with Gasteiger partial charge in [-0.3, -0.25) is 0 Å². The molecule has 5 nitrogen and oxygen atoms in total. The highest BCUT2D eigenvalue weighted by molar-refractivity contribution is 5.65. The summed E-state index contributed by atoms with van der Waals surface area (Å²) in [6.45, 7) is 2.76. The summed E-state index contributed by atoms with van der Waals surface area (Å²) in [4.78, 5) is 8.44. The van der Waals surface area contributed by atoms with Crippen molar-refractivity contribution in [3.8, 4) is 6.07 Å². The van der Waals surface area contributed by atoms with Crippen molar-refractivity contribution in [2.24, 2.45) is 0 Å². The fourth-order valence-electron chi connectivity index (χ4n) is 2.36. The number of nitrogens with one attached hydrogen (secondary N) is 2. The van der Waals surface area contributed by atoms with Gasteiger partial charge in [-0.25, -0.2) is 9.97 Å². The molecule has 118 valence electrons. The van der Waals surface area contributed by atoms with Crippen LogP contribution in [0.5, 0.6) is 0 Å². The summed E-state index contributed by atoms with van der Waals surface area (Å²) in [7, 11) is 0. The van der Waals surface area contributed by atoms with E-state index in [9.17, 15) is 0 Å². The number of hydrogen-bond donors (Lipinski definition) is 2. The van der Waals surface area contributed by atoms with Crippen molar-refractivity contribution in [1.29, 1.82) is 5.26 Å². The zero-order valence-corrected chi connectivity index (χ0v) is 13.3. The van der Waals surface area contributed by atoms with Crippen LogP contribution in [0.2, 0.25) is 0 Å². The van der Waals surface area contributed by atoms with Crippen LogP contribution in [0.3, 0.4) is 0 Å². The maximum absolute atomic E-state index is 9.15. The number of anilines is 3. The molecule has 0 aliphatic rings. The molecule has 0 radical (unpaired) electrons. The number of aromatic nitrogens is 2. The van der Waals surface area contributed by atoms with Crippen molar-refractivity contribution in [3.63, 3.8) is 0 Å². The van der Waals surface area contributed by atoms with E-state index in [1.54, 1.807) is 6.07 Å². The summed E-state index contributed by atoms with van der Waals surface area (Å²) < 4.78 is 0. The lowest BCUT2D eigenvalue weighted by Gasteiger charge is -2.10. The average Bonchev–Trinajstić information content (AvgIpc) is 2.61. The molecular weight excluding hydrogens is 298 g/mol. The topological polar surface area (TPSA) is 73.6 Å². The Kier molecular flexibility index (Phi) is 4.68. The molecule has 5 heteroatoms. The molecule has 2 aromatic carbocycles. The first-order chi connectivity index (χ1) is 11.7. The molecule has 3 rings (SSSR count). The third-order valence-corrected chi connectivity index (χ3v) is 3.53. The van der Waals surface area contributed by atoms with E-state index < -0.39 is 0 Å². The molecule has 0 unspecified atom stereocenters. The largest absolute Gasteiger partial charge is 0.366 e. The Bertz CT molecular complexity index is 883. The predicted octanol–water partition coefficient (Wildman–Crippen LogP) is 4.01. The number of aryl methyl sites for hydroxylation is 1. The lowest BCUT2D eigenvalue weighted by atomic mass is 10.1. The third kappa shape index (κ3) is 3.87. The summed E-state index contributed by atoms with van der Waals surface area (Å²) in [6.07, 6.45) is 1.50. The maximum Gasteiger partial charge on any atom is 0.135 e. The molecule has 0 saturated heterocycles. The molecule has 3 aromatic rings. The van der Waals surface area contributed by atoms with Crippen molar-refractivity contribution in [3.05, 3.63) is 77.6 Å². The Morgan fingerprint density at radius 2 is 1.83 bits per heavy atom. The Morgan fingerprint density at radius 1 is 1.00 bits per heavy atom. The molecule has 2 N–H and O–H groups in total. The Labute approximate surface area is 141 Å². The molecule has 1 heterocycles. The molecule has 0 fully saturated rings. The second-order valence-corrected chi connectivity index (χ2v) is 5.41. The van der Waals surface area contributed by atoms with E-state index in [0.717, 1.165) is 11.5 Å². The lowest BCUT2D eigenvalue weighted by molar-refractivity contribution is 1.08. The highest BCUT2D eigenvalue weighted by Gasteiger charge is 2.04. The van der Waals surface area contributed by atoms with Crippen LogP contribution >= 0.6 is 0 Å². The van der Waals surface area contributed by atoms with Crippen LogP contribution in [0.15, 0.2) is 60.9 Å². The van der Waals surface area contributed by atoms with Gasteiger partial charge in [0.1, 0.15) is 24.0 Å². The first kappa shape index (κ1) is 15.5. The fourth-order valence-corrected chi connectivity index (χ4v) is 2.36. The Balaban J connectivity index is 1.71. The van der Waals surface area contributed by atoms with Gasteiger partial charge in [-0.15, -0.1) is 0 Å². The number of para-hydroxylation sites is 1. The van der Waals surface area contributed by atoms with Crippen LogP contribution in [0.1, 0.15) is 16.7 Å². The summed E-state index contributed by atoms with van der Waals surface area (Å²) in [5.74, 6) is 1.36. The molecule has 24 heavy (non-hydrogen) atoms. The van der Waals surface area contributed by atoms with Crippen molar-refractivity contribution in [2.75, 3.05) is 10.6 Å². The van der Waals surface area contributed by atoms with Crippen LogP contribution in [0.4, 0.5) is 17.3 Å². The first-order valence-corrected chi connectivity index (χ1v) is 7.62. The smallest absolute Gasteiger partial charge is 0.135 e. The number of benzene rings is 2. The quantitative estimate of drug-likeness (QED) is 0.744. The third-order valence-electron chi connectivity index (χ3n) is 3.53. The van der Waals surface area contributed by atoms with Gasteiger partial charge >= 0.3 is 0 Å². The maximum atomic E-state index is 9.15. The Hall–Kier alpha value is -3.39. The summed E-state index contributed by atoms with van der Waals surface area (Å²) in [6, 6.07) is 19.6. The molecule has 0 bridgehead atoms. The van der Waals surface area contributed by atoms with Gasteiger partial charge in [0.2, 0.25) is 0 Å². The molecule has 0 aliphatic heterocycles. The van der Waals surface area contributed by atoms with E-state index in [1.165, 1.54) is 17.5 Å². The second-order valence-electron chi connectivity index (χ2n) is 5.41. The predicted molar refractivity (Wildman–Crippen MR) is 95.0 cm³/mol. The SMILES string of the molecule is Cc1cccc(CNc2cc(Nc3ccccc3C#N)ncn2)c1. The summed E-state index contributed by atoms with van der Waals surface area (Å²) in [5.41, 5.74) is 3.72. The zero-order valence-electron chi connectivity index (χ0n) is 13.3. The van der Waals surface area contributed by atoms with Crippen LogP contribution in [-0.2, 0) is 6.54 Å². The van der Waals surface area contributed by atoms with Crippen LogP contribution in [-0.4, -0.2) is 9.97 Å². The van der Waals surface area contributed by atoms with Crippen LogP contribution in [0.25, 0.3) is 0 Å². The molecular formula is C19H17N5. The minimum atomic E-state index is 0.574. The van der Waals surface area contributed by atoms with Gasteiger partial charge in [-0.2, -0.15) is 5.26 Å². The molecule has 0 aliphatic carbocycles. The minimum absolute atomic E-state index is 0.574. The van der Waals surface area contributed by atoms with E-state index >= 15 is 0 Å². The zero-order chi connectivity index (χ0) is 16.8.